The molecule has 0 atom stereocenters. The molecule has 0 radical (unpaired) electrons. The summed E-state index contributed by atoms with van der Waals surface area (Å²) in [6, 6.07) is 2.12. The van der Waals surface area contributed by atoms with Crippen LogP contribution in [0.2, 0.25) is 0 Å². The van der Waals surface area contributed by atoms with Gasteiger partial charge in [-0.1, -0.05) is 0 Å². The van der Waals surface area contributed by atoms with Crippen molar-refractivity contribution in [2.45, 2.75) is 25.0 Å². The number of halogens is 1. The minimum Gasteiger partial charge on any atom is -0.389 e. The molecule has 0 aromatic carbocycles. The zero-order valence-corrected chi connectivity index (χ0v) is 12.3. The van der Waals surface area contributed by atoms with Gasteiger partial charge in [-0.15, -0.1) is 11.3 Å². The minimum atomic E-state index is -0.472. The number of nitrogens with one attached hydrogen (secondary N) is 1. The number of aliphatic hydroxyl groups is 1. The summed E-state index contributed by atoms with van der Waals surface area (Å²) in [5, 5.41) is 15.7. The van der Waals surface area contributed by atoms with Crippen LogP contribution in [0.5, 0.6) is 0 Å². The second kappa shape index (κ2) is 5.87. The van der Waals surface area contributed by atoms with Crippen LogP contribution in [0.25, 0.3) is 0 Å². The Kier molecular flexibility index (Phi) is 4.73. The van der Waals surface area contributed by atoms with E-state index in [1.165, 1.54) is 4.88 Å². The van der Waals surface area contributed by atoms with Gasteiger partial charge in [0, 0.05) is 27.8 Å². The van der Waals surface area contributed by atoms with Crippen LogP contribution in [0.15, 0.2) is 15.9 Å². The van der Waals surface area contributed by atoms with Crippen LogP contribution in [0.1, 0.15) is 17.7 Å². The fraction of sp³-hybridized carbons (Fsp3) is 0.636. The summed E-state index contributed by atoms with van der Waals surface area (Å²) in [6.45, 7) is 1.56. The molecule has 1 saturated heterocycles. The van der Waals surface area contributed by atoms with Crippen molar-refractivity contribution in [3.63, 3.8) is 0 Å². The molecule has 0 saturated carbocycles. The van der Waals surface area contributed by atoms with E-state index in [1.807, 2.05) is 11.8 Å². The highest BCUT2D eigenvalue weighted by Crippen LogP contribution is 2.26. The maximum absolute atomic E-state index is 10.3. The molecule has 0 spiro atoms. The van der Waals surface area contributed by atoms with E-state index in [0.717, 1.165) is 35.4 Å². The Balaban J connectivity index is 1.74. The normalized spacial score (nSPS) is 19.9. The van der Waals surface area contributed by atoms with E-state index >= 15 is 0 Å². The Morgan fingerprint density at radius 2 is 2.19 bits per heavy atom. The Hall–Kier alpha value is 0.450. The lowest BCUT2D eigenvalue weighted by molar-refractivity contribution is 0.0321. The first-order valence-corrected chi connectivity index (χ1v) is 8.24. The predicted molar refractivity (Wildman–Crippen MR) is 75.2 cm³/mol. The van der Waals surface area contributed by atoms with E-state index in [2.05, 4.69) is 32.7 Å². The summed E-state index contributed by atoms with van der Waals surface area (Å²) in [5.74, 6) is 2.17. The van der Waals surface area contributed by atoms with E-state index in [4.69, 9.17) is 0 Å². The van der Waals surface area contributed by atoms with Gasteiger partial charge in [0.15, 0.2) is 0 Å². The van der Waals surface area contributed by atoms with Crippen LogP contribution >= 0.6 is 39.0 Å². The average Bonchev–Trinajstić information content (AvgIpc) is 2.65. The van der Waals surface area contributed by atoms with Crippen LogP contribution < -0.4 is 5.32 Å². The lowest BCUT2D eigenvalue weighted by Gasteiger charge is -2.31. The fourth-order valence-electron chi connectivity index (χ4n) is 1.79. The summed E-state index contributed by atoms with van der Waals surface area (Å²) < 4.78 is 1.14. The van der Waals surface area contributed by atoms with Crippen molar-refractivity contribution in [3.8, 4) is 0 Å². The van der Waals surface area contributed by atoms with Gasteiger partial charge in [0.2, 0.25) is 0 Å². The molecule has 2 rings (SSSR count). The summed E-state index contributed by atoms with van der Waals surface area (Å²) >= 11 is 7.12. The van der Waals surface area contributed by atoms with Gasteiger partial charge in [-0.3, -0.25) is 0 Å². The van der Waals surface area contributed by atoms with E-state index in [1.54, 1.807) is 11.3 Å². The lowest BCUT2D eigenvalue weighted by atomic mass is 9.97. The SMILES string of the molecule is OC1(CNCc2cc(Br)cs2)CCSCC1. The Bertz CT molecular complexity index is 336. The Labute approximate surface area is 113 Å². The average molecular weight is 322 g/mol. The van der Waals surface area contributed by atoms with Crippen LogP contribution in [0.3, 0.4) is 0 Å². The first-order chi connectivity index (χ1) is 7.68. The summed E-state index contributed by atoms with van der Waals surface area (Å²) in [7, 11) is 0. The topological polar surface area (TPSA) is 32.3 Å². The van der Waals surface area contributed by atoms with Crippen molar-refractivity contribution in [1.82, 2.24) is 5.32 Å². The number of rotatable bonds is 4. The zero-order chi connectivity index (χ0) is 11.4. The van der Waals surface area contributed by atoms with Gasteiger partial charge >= 0.3 is 0 Å². The fourth-order valence-corrected chi connectivity index (χ4v) is 4.47. The minimum absolute atomic E-state index is 0.472. The summed E-state index contributed by atoms with van der Waals surface area (Å²) in [6.07, 6.45) is 1.83. The molecule has 1 fully saturated rings. The maximum Gasteiger partial charge on any atom is 0.0787 e. The molecular weight excluding hydrogens is 306 g/mol. The predicted octanol–water partition coefficient (Wildman–Crippen LogP) is 2.86. The first-order valence-electron chi connectivity index (χ1n) is 5.42. The third-order valence-corrected chi connectivity index (χ3v) is 5.48. The lowest BCUT2D eigenvalue weighted by Crippen LogP contribution is -2.43. The quantitative estimate of drug-likeness (QED) is 0.894. The number of hydrogen-bond acceptors (Lipinski definition) is 4. The third kappa shape index (κ3) is 3.74. The van der Waals surface area contributed by atoms with Crippen molar-refractivity contribution in [2.75, 3.05) is 18.1 Å². The monoisotopic (exact) mass is 321 g/mol. The molecule has 0 unspecified atom stereocenters. The molecule has 2 N–H and O–H groups in total. The molecule has 0 aliphatic carbocycles. The molecule has 16 heavy (non-hydrogen) atoms. The summed E-state index contributed by atoms with van der Waals surface area (Å²) in [4.78, 5) is 1.31. The molecule has 0 bridgehead atoms. The van der Waals surface area contributed by atoms with Crippen LogP contribution in [0, 0.1) is 0 Å². The largest absolute Gasteiger partial charge is 0.389 e. The van der Waals surface area contributed by atoms with E-state index < -0.39 is 5.60 Å². The van der Waals surface area contributed by atoms with Crippen LogP contribution in [-0.2, 0) is 6.54 Å². The molecule has 90 valence electrons. The molecule has 1 aromatic rings. The molecule has 1 aliphatic heterocycles. The smallest absolute Gasteiger partial charge is 0.0787 e. The molecule has 2 nitrogen and oxygen atoms in total. The number of hydrogen-bond donors (Lipinski definition) is 2. The van der Waals surface area contributed by atoms with Crippen molar-refractivity contribution in [3.05, 3.63) is 20.8 Å². The zero-order valence-electron chi connectivity index (χ0n) is 9.04. The van der Waals surface area contributed by atoms with Crippen molar-refractivity contribution >= 4 is 39.0 Å². The van der Waals surface area contributed by atoms with E-state index in [-0.39, 0.29) is 0 Å². The van der Waals surface area contributed by atoms with Gasteiger partial charge in [0.05, 0.1) is 5.60 Å². The number of thioether (sulfide) groups is 1. The molecule has 1 aromatic heterocycles. The third-order valence-electron chi connectivity index (χ3n) is 2.80. The second-order valence-electron chi connectivity index (χ2n) is 4.17. The Morgan fingerprint density at radius 1 is 1.44 bits per heavy atom. The van der Waals surface area contributed by atoms with Gasteiger partial charge < -0.3 is 10.4 Å². The highest BCUT2D eigenvalue weighted by molar-refractivity contribution is 9.10. The molecule has 1 aliphatic rings. The molecular formula is C11H16BrNOS2. The molecule has 5 heteroatoms. The van der Waals surface area contributed by atoms with Crippen LogP contribution in [-0.4, -0.2) is 28.8 Å². The van der Waals surface area contributed by atoms with E-state index in [9.17, 15) is 5.11 Å². The highest BCUT2D eigenvalue weighted by atomic mass is 79.9. The highest BCUT2D eigenvalue weighted by Gasteiger charge is 2.28. The van der Waals surface area contributed by atoms with Gasteiger partial charge in [-0.2, -0.15) is 11.8 Å². The van der Waals surface area contributed by atoms with Gasteiger partial charge in [0.1, 0.15) is 0 Å². The molecule has 0 amide bonds. The van der Waals surface area contributed by atoms with Crippen LogP contribution in [0.4, 0.5) is 0 Å². The number of thiophene rings is 1. The van der Waals surface area contributed by atoms with E-state index in [0.29, 0.717) is 6.54 Å². The molecule has 2 heterocycles. The Morgan fingerprint density at radius 3 is 2.81 bits per heavy atom. The first kappa shape index (κ1) is 12.9. The standard InChI is InChI=1S/C11H16BrNOS2/c12-9-5-10(16-7-9)6-13-8-11(14)1-3-15-4-2-11/h5,7,13-14H,1-4,6,8H2. The van der Waals surface area contributed by atoms with Crippen molar-refractivity contribution in [1.29, 1.82) is 0 Å². The van der Waals surface area contributed by atoms with Gasteiger partial charge in [-0.25, -0.2) is 0 Å². The second-order valence-corrected chi connectivity index (χ2v) is 7.31. The van der Waals surface area contributed by atoms with Gasteiger partial charge in [0.25, 0.3) is 0 Å². The van der Waals surface area contributed by atoms with Crippen molar-refractivity contribution in [2.24, 2.45) is 0 Å². The maximum atomic E-state index is 10.3. The summed E-state index contributed by atoms with van der Waals surface area (Å²) in [5.41, 5.74) is -0.472. The van der Waals surface area contributed by atoms with Crippen molar-refractivity contribution < 1.29 is 5.11 Å². The van der Waals surface area contributed by atoms with Gasteiger partial charge in [-0.05, 0) is 46.3 Å².